The molecule has 5 N–H and O–H groups in total. The van der Waals surface area contributed by atoms with Crippen LogP contribution in [0, 0.1) is 0 Å². The fourth-order valence-corrected chi connectivity index (χ4v) is 4.49. The van der Waals surface area contributed by atoms with Gasteiger partial charge in [0.2, 0.25) is 0 Å². The zero-order valence-electron chi connectivity index (χ0n) is 17.4. The fourth-order valence-electron chi connectivity index (χ4n) is 4.08. The normalized spacial score (nSPS) is 17.1. The summed E-state index contributed by atoms with van der Waals surface area (Å²) in [5.74, 6) is 0.771. The molecule has 1 saturated heterocycles. The first-order valence-electron chi connectivity index (χ1n) is 10.5. The number of halogens is 2. The molecule has 1 unspecified atom stereocenters. The van der Waals surface area contributed by atoms with Gasteiger partial charge in [-0.3, -0.25) is 4.79 Å². The van der Waals surface area contributed by atoms with E-state index >= 15 is 0 Å². The van der Waals surface area contributed by atoms with Gasteiger partial charge in [-0.05, 0) is 43.2 Å². The Bertz CT molecular complexity index is 1360. The van der Waals surface area contributed by atoms with Gasteiger partial charge in [0.1, 0.15) is 24.0 Å². The Hall–Kier alpha value is -2.98. The van der Waals surface area contributed by atoms with E-state index in [1.807, 2.05) is 6.07 Å². The number of hydrogen-bond donors (Lipinski definition) is 4. The zero-order chi connectivity index (χ0) is 23.1. The molecule has 0 spiro atoms. The summed E-state index contributed by atoms with van der Waals surface area (Å²) < 4.78 is 0. The van der Waals surface area contributed by atoms with E-state index in [0.29, 0.717) is 45.2 Å². The minimum atomic E-state index is -0.572. The number of aliphatic hydroxyl groups is 1. The number of likely N-dealkylation sites (tertiary alicyclic amines) is 1. The van der Waals surface area contributed by atoms with Gasteiger partial charge in [-0.25, -0.2) is 15.0 Å². The number of rotatable bonds is 5. The molecule has 0 aliphatic carbocycles. The standard InChI is InChI=1S/C22H21Cl2N7O2/c23-11-3-4-15-17(6-11)29-21(28-15)18(9-32)30-20-13-7-14(24)12(8-16(13)26-10-27-20)22(33)31-5-1-2-19(31)25/h3-4,6-8,10,18-19,32H,1-2,5,9,25H2,(H,28,29)(H,26,27,30)/t18-,19?/m0/s1. The number of nitrogens with two attached hydrogens (primary N) is 1. The Balaban J connectivity index is 1.48. The van der Waals surface area contributed by atoms with Crippen molar-refractivity contribution >= 4 is 56.9 Å². The number of fused-ring (bicyclic) bond motifs is 2. The minimum absolute atomic E-state index is 0.214. The number of amides is 1. The summed E-state index contributed by atoms with van der Waals surface area (Å²) in [7, 11) is 0. The number of H-pyrrole nitrogens is 1. The van der Waals surface area contributed by atoms with E-state index in [2.05, 4.69) is 25.3 Å². The van der Waals surface area contributed by atoms with Crippen LogP contribution in [-0.2, 0) is 0 Å². The molecule has 1 aliphatic rings. The lowest BCUT2D eigenvalue weighted by atomic mass is 10.1. The first kappa shape index (κ1) is 21.8. The number of hydrogen-bond acceptors (Lipinski definition) is 7. The molecule has 2 atom stereocenters. The third kappa shape index (κ3) is 4.08. The van der Waals surface area contributed by atoms with Crippen molar-refractivity contribution in [2.45, 2.75) is 25.0 Å². The SMILES string of the molecule is NC1CCCN1C(=O)c1cc2ncnc(N[C@@H](CO)c3nc4cc(Cl)ccc4[nH]3)c2cc1Cl. The first-order chi connectivity index (χ1) is 15.9. The number of imidazole rings is 1. The molecule has 1 aliphatic heterocycles. The van der Waals surface area contributed by atoms with E-state index in [4.69, 9.17) is 28.9 Å². The van der Waals surface area contributed by atoms with Crippen LogP contribution in [0.3, 0.4) is 0 Å². The second kappa shape index (κ2) is 8.75. The molecule has 4 aromatic rings. The predicted octanol–water partition coefficient (Wildman–Crippen LogP) is 3.48. The van der Waals surface area contributed by atoms with Crippen LogP contribution < -0.4 is 11.1 Å². The molecule has 2 aromatic carbocycles. The predicted molar refractivity (Wildman–Crippen MR) is 127 cm³/mol. The second-order valence-corrected chi connectivity index (χ2v) is 8.79. The first-order valence-corrected chi connectivity index (χ1v) is 11.2. The number of nitrogens with zero attached hydrogens (tertiary/aromatic N) is 4. The molecule has 0 radical (unpaired) electrons. The highest BCUT2D eigenvalue weighted by molar-refractivity contribution is 6.35. The van der Waals surface area contributed by atoms with Crippen molar-refractivity contribution in [1.29, 1.82) is 0 Å². The molecule has 0 saturated carbocycles. The van der Waals surface area contributed by atoms with E-state index in [0.717, 1.165) is 18.4 Å². The smallest absolute Gasteiger partial charge is 0.256 e. The van der Waals surface area contributed by atoms with Crippen molar-refractivity contribution in [2.24, 2.45) is 5.73 Å². The van der Waals surface area contributed by atoms with Crippen LogP contribution in [0.15, 0.2) is 36.7 Å². The van der Waals surface area contributed by atoms with Gasteiger partial charge in [-0.1, -0.05) is 23.2 Å². The molecule has 170 valence electrons. The monoisotopic (exact) mass is 485 g/mol. The maximum absolute atomic E-state index is 13.0. The molecule has 1 fully saturated rings. The van der Waals surface area contributed by atoms with Crippen LogP contribution in [0.5, 0.6) is 0 Å². The highest BCUT2D eigenvalue weighted by Crippen LogP contribution is 2.31. The summed E-state index contributed by atoms with van der Waals surface area (Å²) in [6, 6.07) is 8.07. The Morgan fingerprint density at radius 3 is 2.88 bits per heavy atom. The number of nitrogens with one attached hydrogen (secondary N) is 2. The van der Waals surface area contributed by atoms with Crippen molar-refractivity contribution in [3.05, 3.63) is 58.1 Å². The van der Waals surface area contributed by atoms with Crippen LogP contribution in [0.25, 0.3) is 21.9 Å². The molecular weight excluding hydrogens is 465 g/mol. The number of aromatic nitrogens is 4. The average molecular weight is 486 g/mol. The number of anilines is 1. The number of aliphatic hydroxyl groups excluding tert-OH is 1. The summed E-state index contributed by atoms with van der Waals surface area (Å²) in [6.07, 6.45) is 2.71. The van der Waals surface area contributed by atoms with Gasteiger partial charge in [0.25, 0.3) is 5.91 Å². The molecule has 1 amide bonds. The Labute approximate surface area is 198 Å². The van der Waals surface area contributed by atoms with Crippen LogP contribution >= 0.6 is 23.2 Å². The van der Waals surface area contributed by atoms with Gasteiger partial charge in [0.15, 0.2) is 0 Å². The molecule has 3 heterocycles. The zero-order valence-corrected chi connectivity index (χ0v) is 18.9. The molecule has 2 aromatic heterocycles. The molecular formula is C22H21Cl2N7O2. The number of carbonyl (C=O) groups excluding carboxylic acids is 1. The van der Waals surface area contributed by atoms with Crippen molar-refractivity contribution in [1.82, 2.24) is 24.8 Å². The highest BCUT2D eigenvalue weighted by atomic mass is 35.5. The summed E-state index contributed by atoms with van der Waals surface area (Å²) in [5.41, 5.74) is 8.43. The third-order valence-corrected chi connectivity index (χ3v) is 6.35. The van der Waals surface area contributed by atoms with E-state index < -0.39 is 6.04 Å². The summed E-state index contributed by atoms with van der Waals surface area (Å²) >= 11 is 12.6. The van der Waals surface area contributed by atoms with Gasteiger partial charge in [-0.15, -0.1) is 0 Å². The van der Waals surface area contributed by atoms with Crippen molar-refractivity contribution < 1.29 is 9.90 Å². The van der Waals surface area contributed by atoms with Crippen molar-refractivity contribution in [2.75, 3.05) is 18.5 Å². The van der Waals surface area contributed by atoms with E-state index in [-0.39, 0.29) is 23.7 Å². The number of carbonyl (C=O) groups is 1. The maximum atomic E-state index is 13.0. The summed E-state index contributed by atoms with van der Waals surface area (Å²) in [5, 5.41) is 14.7. The highest BCUT2D eigenvalue weighted by Gasteiger charge is 2.28. The second-order valence-electron chi connectivity index (χ2n) is 7.94. The van der Waals surface area contributed by atoms with Crippen LogP contribution in [0.4, 0.5) is 5.82 Å². The van der Waals surface area contributed by atoms with E-state index in [1.54, 1.807) is 29.2 Å². The quantitative estimate of drug-likeness (QED) is 0.340. The Morgan fingerprint density at radius 1 is 1.27 bits per heavy atom. The lowest BCUT2D eigenvalue weighted by Gasteiger charge is -2.22. The molecule has 11 heteroatoms. The molecule has 5 rings (SSSR count). The summed E-state index contributed by atoms with van der Waals surface area (Å²) in [6.45, 7) is 0.363. The number of aromatic amines is 1. The van der Waals surface area contributed by atoms with Crippen molar-refractivity contribution in [3.63, 3.8) is 0 Å². The van der Waals surface area contributed by atoms with Gasteiger partial charge in [0.05, 0.1) is 39.9 Å². The third-order valence-electron chi connectivity index (χ3n) is 5.80. The fraction of sp³-hybridized carbons (Fsp3) is 0.273. The summed E-state index contributed by atoms with van der Waals surface area (Å²) in [4.78, 5) is 31.0. The average Bonchev–Trinajstić information content (AvgIpc) is 3.42. The van der Waals surface area contributed by atoms with Gasteiger partial charge in [-0.2, -0.15) is 0 Å². The van der Waals surface area contributed by atoms with Gasteiger partial charge in [0, 0.05) is 17.0 Å². The molecule has 0 bridgehead atoms. The lowest BCUT2D eigenvalue weighted by molar-refractivity contribution is 0.0741. The lowest BCUT2D eigenvalue weighted by Crippen LogP contribution is -2.41. The Kier molecular flexibility index (Phi) is 5.79. The Morgan fingerprint density at radius 2 is 2.12 bits per heavy atom. The van der Waals surface area contributed by atoms with E-state index in [1.165, 1.54) is 6.33 Å². The van der Waals surface area contributed by atoms with E-state index in [9.17, 15) is 9.90 Å². The molecule has 9 nitrogen and oxygen atoms in total. The number of benzene rings is 2. The largest absolute Gasteiger partial charge is 0.394 e. The van der Waals surface area contributed by atoms with Crippen LogP contribution in [-0.4, -0.2) is 55.2 Å². The van der Waals surface area contributed by atoms with Crippen LogP contribution in [0.2, 0.25) is 10.0 Å². The van der Waals surface area contributed by atoms with Crippen LogP contribution in [0.1, 0.15) is 35.1 Å². The van der Waals surface area contributed by atoms with Crippen molar-refractivity contribution in [3.8, 4) is 0 Å². The van der Waals surface area contributed by atoms with Gasteiger partial charge < -0.3 is 26.0 Å². The minimum Gasteiger partial charge on any atom is -0.394 e. The van der Waals surface area contributed by atoms with Gasteiger partial charge >= 0.3 is 0 Å². The maximum Gasteiger partial charge on any atom is 0.256 e. The topological polar surface area (TPSA) is 133 Å². The molecule has 33 heavy (non-hydrogen) atoms.